The fourth-order valence-corrected chi connectivity index (χ4v) is 2.23. The Morgan fingerprint density at radius 3 is 2.56 bits per heavy atom. The Labute approximate surface area is 96.7 Å². The van der Waals surface area contributed by atoms with Crippen molar-refractivity contribution in [3.05, 3.63) is 18.3 Å². The standard InChI is InChI=1S/C11H16BN4/c13-9-1-2-11(14-8-9)16-5-3-15(4-6-16)10-7-12-10/h1-2,8,10H,3-7,13H2. The second-order valence-electron chi connectivity index (χ2n) is 4.51. The first-order valence-corrected chi connectivity index (χ1v) is 5.87. The predicted octanol–water partition coefficient (Wildman–Crippen LogP) is 0.248. The van der Waals surface area contributed by atoms with E-state index in [0.717, 1.165) is 43.6 Å². The van der Waals surface area contributed by atoms with Crippen LogP contribution >= 0.6 is 0 Å². The van der Waals surface area contributed by atoms with Gasteiger partial charge in [-0.15, -0.1) is 0 Å². The Kier molecular flexibility index (Phi) is 2.48. The Morgan fingerprint density at radius 2 is 2.00 bits per heavy atom. The minimum absolute atomic E-state index is 0.731. The minimum Gasteiger partial charge on any atom is -0.397 e. The summed E-state index contributed by atoms with van der Waals surface area (Å²) in [5, 5.41) is 0. The second kappa shape index (κ2) is 3.98. The summed E-state index contributed by atoms with van der Waals surface area (Å²) in [6.07, 6.45) is 3.01. The number of rotatable bonds is 2. The van der Waals surface area contributed by atoms with Gasteiger partial charge in [0.1, 0.15) is 13.1 Å². The van der Waals surface area contributed by atoms with Gasteiger partial charge in [-0.25, -0.2) is 4.98 Å². The molecule has 0 aliphatic carbocycles. The van der Waals surface area contributed by atoms with Crippen molar-refractivity contribution in [3.8, 4) is 0 Å². The van der Waals surface area contributed by atoms with E-state index in [4.69, 9.17) is 5.73 Å². The molecule has 2 fully saturated rings. The van der Waals surface area contributed by atoms with Gasteiger partial charge in [0, 0.05) is 26.2 Å². The highest BCUT2D eigenvalue weighted by Crippen LogP contribution is 2.21. The van der Waals surface area contributed by atoms with Crippen molar-refractivity contribution >= 4 is 18.8 Å². The summed E-state index contributed by atoms with van der Waals surface area (Å²) >= 11 is 0. The molecule has 5 heteroatoms. The number of piperazine rings is 1. The normalized spacial score (nSPS) is 25.2. The van der Waals surface area contributed by atoms with Crippen LogP contribution in [0.3, 0.4) is 0 Å². The largest absolute Gasteiger partial charge is 0.397 e. The van der Waals surface area contributed by atoms with Crippen molar-refractivity contribution < 1.29 is 0 Å². The average Bonchev–Trinajstić information content (AvgIpc) is 3.14. The molecule has 3 rings (SSSR count). The summed E-state index contributed by atoms with van der Waals surface area (Å²) in [5.41, 5.74) is 6.36. The van der Waals surface area contributed by atoms with Crippen LogP contribution in [0.25, 0.3) is 0 Å². The van der Waals surface area contributed by atoms with E-state index in [1.54, 1.807) is 6.20 Å². The van der Waals surface area contributed by atoms with Gasteiger partial charge in [0.2, 0.25) is 0 Å². The molecule has 1 unspecified atom stereocenters. The summed E-state index contributed by atoms with van der Waals surface area (Å²) < 4.78 is 0. The molecule has 0 saturated carbocycles. The minimum atomic E-state index is 0.731. The molecular formula is C11H16BN4. The number of aromatic nitrogens is 1. The van der Waals surface area contributed by atoms with E-state index < -0.39 is 0 Å². The van der Waals surface area contributed by atoms with Gasteiger partial charge in [0.15, 0.2) is 0 Å². The SMILES string of the molecule is Nc1ccc(N2CCN(C3[B]C3)CC2)nc1. The van der Waals surface area contributed by atoms with E-state index in [1.165, 1.54) is 6.32 Å². The maximum Gasteiger partial charge on any atom is 0.132 e. The fourth-order valence-electron chi connectivity index (χ4n) is 2.23. The average molecular weight is 215 g/mol. The number of nitrogen functional groups attached to an aromatic ring is 1. The van der Waals surface area contributed by atoms with Crippen LogP contribution in [0.4, 0.5) is 11.5 Å². The number of nitrogens with two attached hydrogens (primary N) is 1. The summed E-state index contributed by atoms with van der Waals surface area (Å²) in [5.74, 6) is 1.81. The number of hydrogen-bond acceptors (Lipinski definition) is 4. The van der Waals surface area contributed by atoms with Crippen molar-refractivity contribution in [1.82, 2.24) is 9.88 Å². The zero-order chi connectivity index (χ0) is 11.0. The first-order valence-electron chi connectivity index (χ1n) is 5.87. The van der Waals surface area contributed by atoms with Crippen LogP contribution < -0.4 is 10.6 Å². The molecule has 0 aromatic carbocycles. The Bertz CT molecular complexity index is 355. The number of anilines is 2. The van der Waals surface area contributed by atoms with Gasteiger partial charge in [-0.05, 0) is 18.1 Å². The number of pyridine rings is 1. The van der Waals surface area contributed by atoms with E-state index in [1.807, 2.05) is 12.1 Å². The van der Waals surface area contributed by atoms with Crippen molar-refractivity contribution in [2.45, 2.75) is 12.3 Å². The Balaban J connectivity index is 1.62. The van der Waals surface area contributed by atoms with Crippen LogP contribution in [-0.4, -0.2) is 49.3 Å². The lowest BCUT2D eigenvalue weighted by Gasteiger charge is -2.35. The van der Waals surface area contributed by atoms with E-state index in [-0.39, 0.29) is 0 Å². The fraction of sp³-hybridized carbons (Fsp3) is 0.545. The molecule has 0 amide bonds. The first kappa shape index (κ1) is 9.96. The third-order valence-corrected chi connectivity index (χ3v) is 3.32. The summed E-state index contributed by atoms with van der Waals surface area (Å²) in [6, 6.07) is 3.93. The molecule has 2 saturated heterocycles. The van der Waals surface area contributed by atoms with Crippen LogP contribution in [-0.2, 0) is 0 Å². The summed E-state index contributed by atoms with van der Waals surface area (Å²) in [7, 11) is 2.37. The zero-order valence-corrected chi connectivity index (χ0v) is 9.34. The monoisotopic (exact) mass is 215 g/mol. The number of hydrogen-bond donors (Lipinski definition) is 1. The Hall–Kier alpha value is -1.23. The van der Waals surface area contributed by atoms with E-state index in [2.05, 4.69) is 22.1 Å². The second-order valence-corrected chi connectivity index (χ2v) is 4.51. The highest BCUT2D eigenvalue weighted by atomic mass is 15.3. The predicted molar refractivity (Wildman–Crippen MR) is 66.8 cm³/mol. The lowest BCUT2D eigenvalue weighted by atomic mass is 10.1. The van der Waals surface area contributed by atoms with Crippen LogP contribution in [0, 0.1) is 0 Å². The van der Waals surface area contributed by atoms with Gasteiger partial charge >= 0.3 is 0 Å². The molecule has 16 heavy (non-hydrogen) atoms. The maximum atomic E-state index is 5.63. The molecule has 2 aliphatic heterocycles. The molecule has 0 bridgehead atoms. The topological polar surface area (TPSA) is 45.4 Å². The molecule has 1 aromatic heterocycles. The van der Waals surface area contributed by atoms with Crippen LogP contribution in [0.2, 0.25) is 6.32 Å². The molecular weight excluding hydrogens is 199 g/mol. The molecule has 1 radical (unpaired) electrons. The number of nitrogens with zero attached hydrogens (tertiary/aromatic N) is 3. The highest BCUT2D eigenvalue weighted by Gasteiger charge is 2.32. The maximum absolute atomic E-state index is 5.63. The van der Waals surface area contributed by atoms with Crippen LogP contribution in [0.1, 0.15) is 0 Å². The molecule has 1 aromatic rings. The molecule has 4 nitrogen and oxygen atoms in total. The van der Waals surface area contributed by atoms with Crippen molar-refractivity contribution in [2.24, 2.45) is 0 Å². The van der Waals surface area contributed by atoms with Gasteiger partial charge in [-0.2, -0.15) is 0 Å². The zero-order valence-electron chi connectivity index (χ0n) is 9.34. The summed E-state index contributed by atoms with van der Waals surface area (Å²) in [6.45, 7) is 4.43. The van der Waals surface area contributed by atoms with E-state index >= 15 is 0 Å². The third kappa shape index (κ3) is 2.00. The van der Waals surface area contributed by atoms with Gasteiger partial charge < -0.3 is 15.5 Å². The van der Waals surface area contributed by atoms with Crippen LogP contribution in [0.5, 0.6) is 0 Å². The molecule has 83 valence electrons. The lowest BCUT2D eigenvalue weighted by molar-refractivity contribution is 0.264. The van der Waals surface area contributed by atoms with Crippen molar-refractivity contribution in [2.75, 3.05) is 36.8 Å². The van der Waals surface area contributed by atoms with Crippen molar-refractivity contribution in [3.63, 3.8) is 0 Å². The van der Waals surface area contributed by atoms with Crippen LogP contribution in [0.15, 0.2) is 18.3 Å². The van der Waals surface area contributed by atoms with Crippen molar-refractivity contribution in [1.29, 1.82) is 0 Å². The quantitative estimate of drug-likeness (QED) is 0.718. The van der Waals surface area contributed by atoms with Gasteiger partial charge in [0.05, 0.1) is 11.9 Å². The third-order valence-electron chi connectivity index (χ3n) is 3.32. The lowest BCUT2D eigenvalue weighted by Crippen LogP contribution is -2.47. The van der Waals surface area contributed by atoms with Gasteiger partial charge in [0.25, 0.3) is 0 Å². The first-order chi connectivity index (χ1) is 7.83. The highest BCUT2D eigenvalue weighted by molar-refractivity contribution is 6.50. The molecule has 3 heterocycles. The van der Waals surface area contributed by atoms with E-state index in [0.29, 0.717) is 0 Å². The van der Waals surface area contributed by atoms with Gasteiger partial charge in [-0.1, -0.05) is 6.32 Å². The van der Waals surface area contributed by atoms with Gasteiger partial charge in [-0.3, -0.25) is 0 Å². The Morgan fingerprint density at radius 1 is 1.25 bits per heavy atom. The molecule has 2 N–H and O–H groups in total. The molecule has 0 spiro atoms. The summed E-state index contributed by atoms with van der Waals surface area (Å²) in [4.78, 5) is 9.24. The smallest absolute Gasteiger partial charge is 0.132 e. The van der Waals surface area contributed by atoms with E-state index in [9.17, 15) is 0 Å². The molecule has 1 atom stereocenters. The molecule has 2 aliphatic rings.